The van der Waals surface area contributed by atoms with Crippen LogP contribution in [0.15, 0.2) is 30.5 Å². The molecule has 1 aliphatic rings. The quantitative estimate of drug-likeness (QED) is 0.696. The number of carbonyl (C=O) groups excluding carboxylic acids is 1. The molecule has 1 unspecified atom stereocenters. The Morgan fingerprint density at radius 1 is 1.45 bits per heavy atom. The third-order valence-corrected chi connectivity index (χ3v) is 4.16. The first-order valence-electron chi connectivity index (χ1n) is 7.66. The van der Waals surface area contributed by atoms with Crippen LogP contribution in [0.5, 0.6) is 0 Å². The van der Waals surface area contributed by atoms with Crippen molar-refractivity contribution in [3.63, 3.8) is 0 Å². The average Bonchev–Trinajstić information content (AvgIpc) is 2.99. The summed E-state index contributed by atoms with van der Waals surface area (Å²) in [4.78, 5) is 17.9. The number of carbonyl (C=O) groups is 1. The topological polar surface area (TPSA) is 45.3 Å². The molecule has 1 aromatic heterocycles. The molecule has 4 nitrogen and oxygen atoms in total. The lowest BCUT2D eigenvalue weighted by molar-refractivity contribution is 0.0536. The van der Waals surface area contributed by atoms with E-state index < -0.39 is 0 Å². The van der Waals surface area contributed by atoms with Crippen LogP contribution in [-0.2, 0) is 4.74 Å². The normalized spacial score (nSPS) is 18.3. The Morgan fingerprint density at radius 3 is 3.18 bits per heavy atom. The number of para-hydroxylation sites is 1. The second kappa shape index (κ2) is 6.67. The summed E-state index contributed by atoms with van der Waals surface area (Å²) in [7, 11) is 0. The van der Waals surface area contributed by atoms with Crippen LogP contribution in [0.2, 0.25) is 0 Å². The van der Waals surface area contributed by atoms with Crippen molar-refractivity contribution in [2.45, 2.75) is 12.8 Å². The van der Waals surface area contributed by atoms with E-state index in [0.29, 0.717) is 19.1 Å². The van der Waals surface area contributed by atoms with Gasteiger partial charge in [0.25, 0.3) is 5.91 Å². The number of benzene rings is 1. The number of hydrogen-bond acceptors (Lipinski definition) is 2. The van der Waals surface area contributed by atoms with Crippen molar-refractivity contribution in [3.8, 4) is 12.3 Å². The van der Waals surface area contributed by atoms with E-state index in [1.807, 2.05) is 35.4 Å². The number of ether oxygens (including phenoxy) is 1. The van der Waals surface area contributed by atoms with Crippen LogP contribution < -0.4 is 0 Å². The molecule has 0 bridgehead atoms. The van der Waals surface area contributed by atoms with E-state index >= 15 is 0 Å². The number of nitrogens with one attached hydrogen (secondary N) is 1. The molecule has 0 aliphatic carbocycles. The third kappa shape index (κ3) is 3.00. The Morgan fingerprint density at radius 2 is 2.32 bits per heavy atom. The lowest BCUT2D eigenvalue weighted by Crippen LogP contribution is -2.41. The van der Waals surface area contributed by atoms with Crippen LogP contribution >= 0.6 is 0 Å². The maximum absolute atomic E-state index is 12.8. The van der Waals surface area contributed by atoms with Crippen LogP contribution in [0.1, 0.15) is 23.2 Å². The lowest BCUT2D eigenvalue weighted by atomic mass is 9.98. The van der Waals surface area contributed by atoms with Crippen LogP contribution in [0.25, 0.3) is 10.9 Å². The molecule has 3 rings (SSSR count). The molecule has 2 heterocycles. The number of fused-ring (bicyclic) bond motifs is 1. The standard InChI is InChI=1S/C18H20N2O2/c1-2-10-22-13-14-6-5-9-20(12-14)18(21)16-11-19-17-8-4-3-7-15(16)17/h1,3-4,7-8,11,14,19H,5-6,9-10,12-13H2. The summed E-state index contributed by atoms with van der Waals surface area (Å²) in [5.74, 6) is 2.94. The van der Waals surface area contributed by atoms with E-state index in [1.54, 1.807) is 0 Å². The van der Waals surface area contributed by atoms with Crippen molar-refractivity contribution in [2.75, 3.05) is 26.3 Å². The number of nitrogens with zero attached hydrogens (tertiary/aromatic N) is 1. The zero-order valence-electron chi connectivity index (χ0n) is 12.5. The summed E-state index contributed by atoms with van der Waals surface area (Å²) in [6, 6.07) is 7.89. The third-order valence-electron chi connectivity index (χ3n) is 4.16. The van der Waals surface area contributed by atoms with Gasteiger partial charge in [-0.25, -0.2) is 0 Å². The van der Waals surface area contributed by atoms with Crippen molar-refractivity contribution in [1.29, 1.82) is 0 Å². The molecule has 0 saturated carbocycles. The number of rotatable bonds is 4. The SMILES string of the molecule is C#CCOCC1CCCN(C(=O)c2c[nH]c3ccccc23)C1. The van der Waals surface area contributed by atoms with Gasteiger partial charge in [0.15, 0.2) is 0 Å². The Bertz CT molecular complexity index is 698. The summed E-state index contributed by atoms with van der Waals surface area (Å²) < 4.78 is 5.43. The fraction of sp³-hybridized carbons (Fsp3) is 0.389. The zero-order valence-corrected chi connectivity index (χ0v) is 12.5. The van der Waals surface area contributed by atoms with Gasteiger partial charge in [0.1, 0.15) is 6.61 Å². The summed E-state index contributed by atoms with van der Waals surface area (Å²) in [6.07, 6.45) is 9.10. The van der Waals surface area contributed by atoms with Crippen molar-refractivity contribution in [2.24, 2.45) is 5.92 Å². The lowest BCUT2D eigenvalue weighted by Gasteiger charge is -2.32. The molecular weight excluding hydrogens is 276 g/mol. The van der Waals surface area contributed by atoms with Crippen molar-refractivity contribution in [1.82, 2.24) is 9.88 Å². The highest BCUT2D eigenvalue weighted by molar-refractivity contribution is 6.06. The smallest absolute Gasteiger partial charge is 0.256 e. The van der Waals surface area contributed by atoms with Gasteiger partial charge in [-0.05, 0) is 18.9 Å². The Labute approximate surface area is 130 Å². The summed E-state index contributed by atoms with van der Waals surface area (Å²) in [6.45, 7) is 2.52. The molecule has 4 heteroatoms. The maximum atomic E-state index is 12.8. The number of piperidine rings is 1. The van der Waals surface area contributed by atoms with E-state index in [0.717, 1.165) is 42.4 Å². The van der Waals surface area contributed by atoms with Crippen LogP contribution in [0, 0.1) is 18.3 Å². The summed E-state index contributed by atoms with van der Waals surface area (Å²) >= 11 is 0. The first-order valence-corrected chi connectivity index (χ1v) is 7.66. The van der Waals surface area contributed by atoms with E-state index in [1.165, 1.54) is 0 Å². The van der Waals surface area contributed by atoms with Gasteiger partial charge in [0, 0.05) is 36.1 Å². The van der Waals surface area contributed by atoms with Gasteiger partial charge in [-0.2, -0.15) is 0 Å². The van der Waals surface area contributed by atoms with Gasteiger partial charge in [0.05, 0.1) is 12.2 Å². The first-order chi connectivity index (χ1) is 10.8. The molecule has 1 aliphatic heterocycles. The van der Waals surface area contributed by atoms with Gasteiger partial charge < -0.3 is 14.6 Å². The molecule has 1 fully saturated rings. The molecule has 1 N–H and O–H groups in total. The van der Waals surface area contributed by atoms with Gasteiger partial charge in [0.2, 0.25) is 0 Å². The average molecular weight is 296 g/mol. The molecule has 1 atom stereocenters. The van der Waals surface area contributed by atoms with Crippen molar-refractivity contribution < 1.29 is 9.53 Å². The minimum atomic E-state index is 0.0964. The molecule has 1 amide bonds. The monoisotopic (exact) mass is 296 g/mol. The largest absolute Gasteiger partial charge is 0.368 e. The van der Waals surface area contributed by atoms with Gasteiger partial charge in [-0.1, -0.05) is 24.1 Å². The van der Waals surface area contributed by atoms with Crippen LogP contribution in [0.4, 0.5) is 0 Å². The van der Waals surface area contributed by atoms with Crippen LogP contribution in [-0.4, -0.2) is 42.1 Å². The van der Waals surface area contributed by atoms with Gasteiger partial charge in [-0.15, -0.1) is 6.42 Å². The molecule has 0 radical (unpaired) electrons. The summed E-state index contributed by atoms with van der Waals surface area (Å²) in [5.41, 5.74) is 1.75. The highest BCUT2D eigenvalue weighted by Crippen LogP contribution is 2.23. The van der Waals surface area contributed by atoms with Gasteiger partial charge in [-0.3, -0.25) is 4.79 Å². The number of H-pyrrole nitrogens is 1. The number of aromatic amines is 1. The zero-order chi connectivity index (χ0) is 15.4. The number of amides is 1. The molecule has 22 heavy (non-hydrogen) atoms. The van der Waals surface area contributed by atoms with Crippen molar-refractivity contribution >= 4 is 16.8 Å². The number of terminal acetylenes is 1. The van der Waals surface area contributed by atoms with Gasteiger partial charge >= 0.3 is 0 Å². The molecule has 1 aromatic carbocycles. The number of hydrogen-bond donors (Lipinski definition) is 1. The second-order valence-electron chi connectivity index (χ2n) is 5.73. The number of likely N-dealkylation sites (tertiary alicyclic amines) is 1. The minimum absolute atomic E-state index is 0.0964. The predicted octanol–water partition coefficient (Wildman–Crippen LogP) is 2.67. The Hall–Kier alpha value is -2.25. The highest BCUT2D eigenvalue weighted by atomic mass is 16.5. The molecule has 114 valence electrons. The molecule has 1 saturated heterocycles. The van der Waals surface area contributed by atoms with Crippen molar-refractivity contribution in [3.05, 3.63) is 36.0 Å². The Kier molecular flexibility index (Phi) is 4.45. The fourth-order valence-corrected chi connectivity index (χ4v) is 3.09. The Balaban J connectivity index is 1.70. The van der Waals surface area contributed by atoms with Crippen LogP contribution in [0.3, 0.4) is 0 Å². The highest BCUT2D eigenvalue weighted by Gasteiger charge is 2.25. The molecular formula is C18H20N2O2. The second-order valence-corrected chi connectivity index (χ2v) is 5.73. The van der Waals surface area contributed by atoms with E-state index in [4.69, 9.17) is 11.2 Å². The number of aromatic nitrogens is 1. The molecule has 2 aromatic rings. The predicted molar refractivity (Wildman–Crippen MR) is 86.6 cm³/mol. The van der Waals surface area contributed by atoms with E-state index in [9.17, 15) is 4.79 Å². The maximum Gasteiger partial charge on any atom is 0.256 e. The molecule has 0 spiro atoms. The minimum Gasteiger partial charge on any atom is -0.368 e. The fourth-order valence-electron chi connectivity index (χ4n) is 3.09. The first kappa shape index (κ1) is 14.7. The van der Waals surface area contributed by atoms with E-state index in [2.05, 4.69) is 10.9 Å². The van der Waals surface area contributed by atoms with E-state index in [-0.39, 0.29) is 5.91 Å². The summed E-state index contributed by atoms with van der Waals surface area (Å²) in [5, 5.41) is 0.984.